The molecule has 0 saturated heterocycles. The lowest BCUT2D eigenvalue weighted by Crippen LogP contribution is -2.12. The summed E-state index contributed by atoms with van der Waals surface area (Å²) in [4.78, 5) is 16.0. The van der Waals surface area contributed by atoms with Gasteiger partial charge in [-0.2, -0.15) is 13.2 Å². The highest BCUT2D eigenvalue weighted by Crippen LogP contribution is 2.36. The summed E-state index contributed by atoms with van der Waals surface area (Å²) in [6.07, 6.45) is -2.36. The summed E-state index contributed by atoms with van der Waals surface area (Å²) in [6.45, 7) is 3.66. The highest BCUT2D eigenvalue weighted by atomic mass is 19.4. The first-order valence-corrected chi connectivity index (χ1v) is 11.4. The summed E-state index contributed by atoms with van der Waals surface area (Å²) >= 11 is 0. The molecule has 1 aromatic heterocycles. The number of alkyl halides is 3. The van der Waals surface area contributed by atoms with Crippen molar-refractivity contribution in [2.24, 2.45) is 0 Å². The number of aromatic nitrogens is 1. The molecule has 0 aliphatic heterocycles. The molecule has 3 rings (SSSR count). The molecular formula is C27H28F3NO4. The number of pyridine rings is 1. The quantitative estimate of drug-likeness (QED) is 0.326. The maximum Gasteiger partial charge on any atom is 0.416 e. The van der Waals surface area contributed by atoms with E-state index in [1.807, 2.05) is 6.07 Å². The number of carboxylic acids is 1. The second kappa shape index (κ2) is 11.3. The van der Waals surface area contributed by atoms with Crippen LogP contribution in [-0.4, -0.2) is 23.2 Å². The van der Waals surface area contributed by atoms with Gasteiger partial charge in [-0.15, -0.1) is 0 Å². The van der Waals surface area contributed by atoms with Crippen molar-refractivity contribution in [3.05, 3.63) is 77.5 Å². The molecule has 0 aliphatic carbocycles. The van der Waals surface area contributed by atoms with Crippen molar-refractivity contribution >= 4 is 5.97 Å². The zero-order valence-corrected chi connectivity index (χ0v) is 19.8. The van der Waals surface area contributed by atoms with Crippen molar-refractivity contribution in [2.45, 2.75) is 51.3 Å². The molecule has 35 heavy (non-hydrogen) atoms. The van der Waals surface area contributed by atoms with Gasteiger partial charge in [0.05, 0.1) is 30.0 Å². The van der Waals surface area contributed by atoms with E-state index in [2.05, 4.69) is 11.9 Å². The van der Waals surface area contributed by atoms with Crippen LogP contribution in [0.1, 0.15) is 62.0 Å². The molecule has 5 nitrogen and oxygen atoms in total. The topological polar surface area (TPSA) is 68.7 Å². The van der Waals surface area contributed by atoms with Gasteiger partial charge in [-0.05, 0) is 61.7 Å². The summed E-state index contributed by atoms with van der Waals surface area (Å²) in [5, 5.41) is 9.30. The van der Waals surface area contributed by atoms with E-state index in [0.29, 0.717) is 40.4 Å². The fourth-order valence-corrected chi connectivity index (χ4v) is 3.62. The number of methoxy groups -OCH3 is 1. The molecule has 8 heteroatoms. The average Bonchev–Trinajstić information content (AvgIpc) is 2.85. The molecule has 0 saturated carbocycles. The number of hydrogen-bond acceptors (Lipinski definition) is 4. The van der Waals surface area contributed by atoms with Crippen LogP contribution in [0, 0.1) is 0 Å². The van der Waals surface area contributed by atoms with Crippen molar-refractivity contribution < 1.29 is 32.5 Å². The Kier molecular flexibility index (Phi) is 8.38. The van der Waals surface area contributed by atoms with Crippen molar-refractivity contribution in [1.29, 1.82) is 0 Å². The van der Waals surface area contributed by atoms with E-state index in [1.54, 1.807) is 37.3 Å². The number of aliphatic carboxylic acids is 1. The maximum atomic E-state index is 12.9. The SMILES string of the molecule is CCCC[C@@H](Oc1ccc(C(C)C(=O)O)cc1OC)c1cccc(-c2ccc(C(F)(F)F)cc2)n1. The monoisotopic (exact) mass is 487 g/mol. The van der Waals surface area contributed by atoms with E-state index in [0.717, 1.165) is 25.0 Å². The first-order valence-electron chi connectivity index (χ1n) is 11.4. The summed E-state index contributed by atoms with van der Waals surface area (Å²) in [7, 11) is 1.49. The molecule has 0 radical (unpaired) electrons. The van der Waals surface area contributed by atoms with E-state index in [1.165, 1.54) is 19.2 Å². The van der Waals surface area contributed by atoms with Gasteiger partial charge in [-0.25, -0.2) is 4.98 Å². The Morgan fingerprint density at radius 3 is 2.37 bits per heavy atom. The molecule has 3 aromatic rings. The maximum absolute atomic E-state index is 12.9. The minimum Gasteiger partial charge on any atom is -0.493 e. The van der Waals surface area contributed by atoms with E-state index in [-0.39, 0.29) is 0 Å². The largest absolute Gasteiger partial charge is 0.493 e. The van der Waals surface area contributed by atoms with E-state index < -0.39 is 29.7 Å². The van der Waals surface area contributed by atoms with Crippen molar-refractivity contribution in [2.75, 3.05) is 7.11 Å². The van der Waals surface area contributed by atoms with Crippen LogP contribution in [0.25, 0.3) is 11.3 Å². The Morgan fingerprint density at radius 1 is 1.06 bits per heavy atom. The minimum absolute atomic E-state index is 0.413. The first kappa shape index (κ1) is 26.1. The fourth-order valence-electron chi connectivity index (χ4n) is 3.62. The fraction of sp³-hybridized carbons (Fsp3) is 0.333. The molecule has 0 aliphatic rings. The lowest BCUT2D eigenvalue weighted by atomic mass is 10.0. The van der Waals surface area contributed by atoms with Gasteiger partial charge in [0.1, 0.15) is 6.10 Å². The minimum atomic E-state index is -4.40. The third-order valence-electron chi connectivity index (χ3n) is 5.76. The highest BCUT2D eigenvalue weighted by molar-refractivity contribution is 5.76. The molecule has 2 atom stereocenters. The number of ether oxygens (including phenoxy) is 2. The van der Waals surface area contributed by atoms with Gasteiger partial charge in [0.15, 0.2) is 11.5 Å². The van der Waals surface area contributed by atoms with Gasteiger partial charge in [-0.3, -0.25) is 4.79 Å². The first-order chi connectivity index (χ1) is 16.6. The smallest absolute Gasteiger partial charge is 0.416 e. The number of nitrogens with zero attached hydrogens (tertiary/aromatic N) is 1. The van der Waals surface area contributed by atoms with E-state index >= 15 is 0 Å². The van der Waals surface area contributed by atoms with Crippen LogP contribution in [0.5, 0.6) is 11.5 Å². The zero-order valence-electron chi connectivity index (χ0n) is 19.8. The highest BCUT2D eigenvalue weighted by Gasteiger charge is 2.30. The Morgan fingerprint density at radius 2 is 1.77 bits per heavy atom. The number of halogens is 3. The van der Waals surface area contributed by atoms with Gasteiger partial charge in [-0.1, -0.05) is 37.6 Å². The Bertz CT molecular complexity index is 1150. The average molecular weight is 488 g/mol. The lowest BCUT2D eigenvalue weighted by molar-refractivity contribution is -0.138. The molecule has 186 valence electrons. The van der Waals surface area contributed by atoms with Gasteiger partial charge in [0, 0.05) is 5.56 Å². The molecule has 1 N–H and O–H groups in total. The predicted molar refractivity (Wildman–Crippen MR) is 127 cm³/mol. The molecule has 1 heterocycles. The predicted octanol–water partition coefficient (Wildman–Crippen LogP) is 7.27. The zero-order chi connectivity index (χ0) is 25.6. The van der Waals surface area contributed by atoms with E-state index in [9.17, 15) is 23.1 Å². The summed E-state index contributed by atoms with van der Waals surface area (Å²) in [5.41, 5.74) is 1.63. The Hall–Kier alpha value is -3.55. The van der Waals surface area contributed by atoms with Crippen molar-refractivity contribution in [3.63, 3.8) is 0 Å². The van der Waals surface area contributed by atoms with Gasteiger partial charge < -0.3 is 14.6 Å². The lowest BCUT2D eigenvalue weighted by Gasteiger charge is -2.21. The van der Waals surface area contributed by atoms with Crippen LogP contribution in [0.3, 0.4) is 0 Å². The van der Waals surface area contributed by atoms with Gasteiger partial charge in [0.25, 0.3) is 0 Å². The number of carbonyl (C=O) groups is 1. The molecule has 1 unspecified atom stereocenters. The Labute approximate surface area is 202 Å². The molecule has 2 aromatic carbocycles. The van der Waals surface area contributed by atoms with E-state index in [4.69, 9.17) is 9.47 Å². The number of carboxylic acid groups (broad SMARTS) is 1. The van der Waals surface area contributed by atoms with Crippen molar-refractivity contribution in [3.8, 4) is 22.8 Å². The number of unbranched alkanes of at least 4 members (excludes halogenated alkanes) is 1. The number of rotatable bonds is 10. The van der Waals surface area contributed by atoms with Crippen LogP contribution in [0.2, 0.25) is 0 Å². The second-order valence-electron chi connectivity index (χ2n) is 8.24. The second-order valence-corrected chi connectivity index (χ2v) is 8.24. The molecule has 0 fully saturated rings. The van der Waals surface area contributed by atoms with Crippen LogP contribution < -0.4 is 9.47 Å². The van der Waals surface area contributed by atoms with Gasteiger partial charge >= 0.3 is 12.1 Å². The Balaban J connectivity index is 1.91. The van der Waals surface area contributed by atoms with Crippen LogP contribution in [0.15, 0.2) is 60.7 Å². The molecule has 0 amide bonds. The van der Waals surface area contributed by atoms with Crippen LogP contribution in [-0.2, 0) is 11.0 Å². The summed E-state index contributed by atoms with van der Waals surface area (Å²) in [5.74, 6) is -0.769. The molecular weight excluding hydrogens is 459 g/mol. The standard InChI is InChI=1S/C27H28F3NO4/c1-4-5-9-23(35-24-15-12-19(16-25(24)34-3)17(2)26(32)33)22-8-6-7-21(31-22)18-10-13-20(14-11-18)27(28,29)30/h6-8,10-17,23H,4-5,9H2,1-3H3,(H,32,33)/t17?,23-/m1/s1. The van der Waals surface area contributed by atoms with Crippen LogP contribution >= 0.6 is 0 Å². The van der Waals surface area contributed by atoms with Gasteiger partial charge in [0.2, 0.25) is 0 Å². The van der Waals surface area contributed by atoms with Crippen molar-refractivity contribution in [1.82, 2.24) is 4.98 Å². The number of benzene rings is 2. The number of hydrogen-bond donors (Lipinski definition) is 1. The normalized spacial score (nSPS) is 13.2. The summed E-state index contributed by atoms with van der Waals surface area (Å²) < 4.78 is 50.5. The molecule has 0 bridgehead atoms. The third-order valence-corrected chi connectivity index (χ3v) is 5.76. The molecule has 0 spiro atoms. The third kappa shape index (κ3) is 6.53. The summed E-state index contributed by atoms with van der Waals surface area (Å²) in [6, 6.07) is 15.3. The van der Waals surface area contributed by atoms with Crippen LogP contribution in [0.4, 0.5) is 13.2 Å².